The summed E-state index contributed by atoms with van der Waals surface area (Å²) in [6.07, 6.45) is -0.889. The molecule has 0 aliphatic rings. The maximum absolute atomic E-state index is 9.72. The Hall–Kier alpha value is -3.13. The molecule has 0 spiro atoms. The number of aliphatic hydroxyl groups excluding tert-OH is 2. The van der Waals surface area contributed by atoms with E-state index >= 15 is 0 Å². The van der Waals surface area contributed by atoms with E-state index in [0.717, 1.165) is 16.6 Å². The minimum Gasteiger partial charge on any atom is -0.487 e. The largest absolute Gasteiger partial charge is 0.487 e. The lowest BCUT2D eigenvalue weighted by Crippen LogP contribution is -2.23. The summed E-state index contributed by atoms with van der Waals surface area (Å²) in [7, 11) is 0. The highest BCUT2D eigenvalue weighted by Gasteiger charge is 2.14. The lowest BCUT2D eigenvalue weighted by molar-refractivity contribution is 0.105. The van der Waals surface area contributed by atoms with E-state index in [-0.39, 0.29) is 13.2 Å². The van der Waals surface area contributed by atoms with E-state index in [4.69, 9.17) is 21.4 Å². The Kier molecular flexibility index (Phi) is 6.13. The fraction of sp³-hybridized carbons (Fsp3) is 0.182. The average Bonchev–Trinajstić information content (AvgIpc) is 3.19. The molecule has 30 heavy (non-hydrogen) atoms. The van der Waals surface area contributed by atoms with Gasteiger partial charge in [0.1, 0.15) is 23.8 Å². The molecular weight excluding hydrogens is 404 g/mol. The number of rotatable bonds is 8. The van der Waals surface area contributed by atoms with Crippen LogP contribution in [0.25, 0.3) is 22.4 Å². The van der Waals surface area contributed by atoms with E-state index in [9.17, 15) is 5.11 Å². The van der Waals surface area contributed by atoms with Crippen LogP contribution in [0.4, 0.5) is 5.82 Å². The minimum atomic E-state index is -0.889. The maximum atomic E-state index is 9.72. The van der Waals surface area contributed by atoms with Crippen LogP contribution < -0.4 is 10.1 Å². The minimum absolute atomic E-state index is 0.163. The zero-order valence-electron chi connectivity index (χ0n) is 16.0. The van der Waals surface area contributed by atoms with Gasteiger partial charge in [-0.1, -0.05) is 48.0 Å². The average molecular weight is 425 g/mol. The summed E-state index contributed by atoms with van der Waals surface area (Å²) < 4.78 is 5.82. The van der Waals surface area contributed by atoms with Crippen molar-refractivity contribution in [1.82, 2.24) is 15.0 Å². The van der Waals surface area contributed by atoms with Crippen LogP contribution in [-0.4, -0.2) is 44.4 Å². The Bertz CT molecular complexity index is 1130. The molecule has 0 unspecified atom stereocenters. The van der Waals surface area contributed by atoms with Crippen molar-refractivity contribution in [1.29, 1.82) is 0 Å². The van der Waals surface area contributed by atoms with Gasteiger partial charge in [-0.05, 0) is 24.3 Å². The number of nitrogens with zero attached hydrogens (tertiary/aromatic N) is 2. The predicted molar refractivity (Wildman–Crippen MR) is 117 cm³/mol. The van der Waals surface area contributed by atoms with Crippen LogP contribution in [0, 0.1) is 0 Å². The summed E-state index contributed by atoms with van der Waals surface area (Å²) in [5, 5.41) is 23.3. The first-order valence-corrected chi connectivity index (χ1v) is 9.86. The lowest BCUT2D eigenvalue weighted by atomic mass is 10.2. The van der Waals surface area contributed by atoms with Gasteiger partial charge in [0.15, 0.2) is 5.82 Å². The van der Waals surface area contributed by atoms with Crippen molar-refractivity contribution in [3.8, 4) is 17.1 Å². The Labute approximate surface area is 178 Å². The van der Waals surface area contributed by atoms with E-state index in [1.54, 1.807) is 12.1 Å². The number of benzene rings is 2. The van der Waals surface area contributed by atoms with Crippen molar-refractivity contribution in [2.24, 2.45) is 0 Å². The highest BCUT2D eigenvalue weighted by Crippen LogP contribution is 2.26. The zero-order chi connectivity index (χ0) is 20.9. The third-order valence-electron chi connectivity index (χ3n) is 4.48. The summed E-state index contributed by atoms with van der Waals surface area (Å²) in [6.45, 7) is 0.130. The summed E-state index contributed by atoms with van der Waals surface area (Å²) in [4.78, 5) is 12.5. The highest BCUT2D eigenvalue weighted by atomic mass is 35.5. The molecule has 8 heteroatoms. The summed E-state index contributed by atoms with van der Waals surface area (Å²) >= 11 is 6.01. The quantitative estimate of drug-likeness (QED) is 0.344. The number of anilines is 1. The molecule has 0 radical (unpaired) electrons. The summed E-state index contributed by atoms with van der Waals surface area (Å²) in [5.74, 6) is 1.78. The number of H-pyrrole nitrogens is 1. The van der Waals surface area contributed by atoms with E-state index in [2.05, 4.69) is 20.3 Å². The van der Waals surface area contributed by atoms with E-state index in [1.807, 2.05) is 48.5 Å². The number of aromatic nitrogens is 3. The molecule has 2 aromatic heterocycles. The molecule has 2 heterocycles. The Morgan fingerprint density at radius 1 is 1.07 bits per heavy atom. The number of hydrogen-bond acceptors (Lipinski definition) is 6. The number of halogens is 1. The van der Waals surface area contributed by atoms with Crippen molar-refractivity contribution in [3.05, 3.63) is 71.4 Å². The topological polar surface area (TPSA) is 103 Å². The summed E-state index contributed by atoms with van der Waals surface area (Å²) in [5.41, 5.74) is 2.33. The first-order valence-electron chi connectivity index (χ1n) is 9.48. The highest BCUT2D eigenvalue weighted by molar-refractivity contribution is 6.30. The predicted octanol–water partition coefficient (Wildman–Crippen LogP) is 3.62. The van der Waals surface area contributed by atoms with Gasteiger partial charge in [-0.2, -0.15) is 0 Å². The molecule has 0 aliphatic heterocycles. The van der Waals surface area contributed by atoms with Crippen LogP contribution in [0.5, 0.6) is 5.75 Å². The van der Waals surface area contributed by atoms with Gasteiger partial charge in [-0.15, -0.1) is 0 Å². The van der Waals surface area contributed by atoms with E-state index in [0.29, 0.717) is 34.7 Å². The van der Waals surface area contributed by atoms with Gasteiger partial charge in [-0.25, -0.2) is 9.97 Å². The van der Waals surface area contributed by atoms with Gasteiger partial charge < -0.3 is 25.3 Å². The lowest BCUT2D eigenvalue weighted by Gasteiger charge is -2.11. The molecule has 4 N–H and O–H groups in total. The number of aromatic amines is 1. The molecule has 154 valence electrons. The van der Waals surface area contributed by atoms with Crippen LogP contribution in [0.2, 0.25) is 5.02 Å². The first kappa shape index (κ1) is 20.2. The second-order valence-corrected chi connectivity index (χ2v) is 7.22. The standard InChI is InChI=1S/C22H21ClN4O3/c23-15-7-4-8-18(9-15)30-13-16-10-19-21(24-11-17(29)12-28)26-20(27-22(19)25-16)14-5-2-1-3-6-14/h1-10,17,28-29H,11-13H2,(H2,24,25,26,27)/t17-/m0/s1. The van der Waals surface area contributed by atoms with Crippen molar-refractivity contribution in [2.45, 2.75) is 12.7 Å². The van der Waals surface area contributed by atoms with Crippen LogP contribution in [0.1, 0.15) is 5.69 Å². The molecular formula is C22H21ClN4O3. The van der Waals surface area contributed by atoms with Crippen LogP contribution in [0.3, 0.4) is 0 Å². The summed E-state index contributed by atoms with van der Waals surface area (Å²) in [6, 6.07) is 18.7. The SMILES string of the molecule is OC[C@@H](O)CNc1nc(-c2ccccc2)nc2[nH]c(COc3cccc(Cl)c3)cc12. The molecule has 7 nitrogen and oxygen atoms in total. The van der Waals surface area contributed by atoms with Gasteiger partial charge in [0.2, 0.25) is 0 Å². The Morgan fingerprint density at radius 2 is 1.90 bits per heavy atom. The smallest absolute Gasteiger partial charge is 0.163 e. The normalized spacial score (nSPS) is 12.1. The van der Waals surface area contributed by atoms with Crippen molar-refractivity contribution in [2.75, 3.05) is 18.5 Å². The third-order valence-corrected chi connectivity index (χ3v) is 4.72. The first-order chi connectivity index (χ1) is 14.6. The van der Waals surface area contributed by atoms with Gasteiger partial charge in [-0.3, -0.25) is 0 Å². The van der Waals surface area contributed by atoms with Crippen LogP contribution in [0.15, 0.2) is 60.7 Å². The second-order valence-electron chi connectivity index (χ2n) is 6.78. The van der Waals surface area contributed by atoms with Gasteiger partial charge in [0, 0.05) is 17.1 Å². The molecule has 0 bridgehead atoms. The molecule has 1 atom stereocenters. The maximum Gasteiger partial charge on any atom is 0.163 e. The molecule has 0 saturated heterocycles. The Morgan fingerprint density at radius 3 is 2.67 bits per heavy atom. The van der Waals surface area contributed by atoms with Gasteiger partial charge in [0.25, 0.3) is 0 Å². The number of hydrogen-bond donors (Lipinski definition) is 4. The molecule has 2 aromatic carbocycles. The van der Waals surface area contributed by atoms with Gasteiger partial charge in [0.05, 0.1) is 23.8 Å². The Balaban J connectivity index is 1.65. The zero-order valence-corrected chi connectivity index (χ0v) is 16.8. The molecule has 0 fully saturated rings. The molecule has 4 rings (SSSR count). The number of aliphatic hydroxyl groups is 2. The van der Waals surface area contributed by atoms with E-state index in [1.165, 1.54) is 0 Å². The number of ether oxygens (including phenoxy) is 1. The molecule has 4 aromatic rings. The van der Waals surface area contributed by atoms with E-state index < -0.39 is 6.10 Å². The number of nitrogens with one attached hydrogen (secondary N) is 2. The van der Waals surface area contributed by atoms with Crippen molar-refractivity contribution < 1.29 is 14.9 Å². The van der Waals surface area contributed by atoms with Gasteiger partial charge >= 0.3 is 0 Å². The molecule has 0 saturated carbocycles. The second kappa shape index (κ2) is 9.13. The third kappa shape index (κ3) is 4.71. The number of fused-ring (bicyclic) bond motifs is 1. The monoisotopic (exact) mass is 424 g/mol. The van der Waals surface area contributed by atoms with Crippen LogP contribution >= 0.6 is 11.6 Å². The molecule has 0 amide bonds. The van der Waals surface area contributed by atoms with Crippen molar-refractivity contribution in [3.63, 3.8) is 0 Å². The van der Waals surface area contributed by atoms with Crippen LogP contribution in [-0.2, 0) is 6.61 Å². The fourth-order valence-corrected chi connectivity index (χ4v) is 3.17. The molecule has 0 aliphatic carbocycles. The fourth-order valence-electron chi connectivity index (χ4n) is 2.99. The van der Waals surface area contributed by atoms with Crippen molar-refractivity contribution >= 4 is 28.5 Å².